The van der Waals surface area contributed by atoms with Crippen LogP contribution in [0, 0.1) is 26.7 Å². The maximum absolute atomic E-state index is 12.1. The Hall–Kier alpha value is -2.50. The van der Waals surface area contributed by atoms with Crippen LogP contribution in [0.25, 0.3) is 0 Å². The van der Waals surface area contributed by atoms with Gasteiger partial charge in [-0.25, -0.2) is 0 Å². The Bertz CT molecular complexity index is 928. The van der Waals surface area contributed by atoms with Crippen molar-refractivity contribution in [3.05, 3.63) is 70.8 Å². The molecule has 0 N–H and O–H groups in total. The Labute approximate surface area is 233 Å². The SMILES string of the molecule is C=O.CC1CCN(C(C)(C)C)C1.Cc1cccc(C)c1.Cc1ccccc1CCC(=O)N1CCN(C)CC1. The van der Waals surface area contributed by atoms with Crippen molar-refractivity contribution < 1.29 is 9.59 Å². The van der Waals surface area contributed by atoms with Gasteiger partial charge >= 0.3 is 0 Å². The quantitative estimate of drug-likeness (QED) is 0.499. The summed E-state index contributed by atoms with van der Waals surface area (Å²) < 4.78 is 0. The number of aryl methyl sites for hydroxylation is 4. The highest BCUT2D eigenvalue weighted by molar-refractivity contribution is 5.76. The van der Waals surface area contributed by atoms with Crippen LogP contribution in [0.3, 0.4) is 0 Å². The number of benzene rings is 2. The Morgan fingerprint density at radius 2 is 1.47 bits per heavy atom. The largest absolute Gasteiger partial charge is 0.340 e. The maximum Gasteiger partial charge on any atom is 0.222 e. The lowest BCUT2D eigenvalue weighted by Crippen LogP contribution is -2.47. The van der Waals surface area contributed by atoms with E-state index in [0.29, 0.717) is 17.9 Å². The summed E-state index contributed by atoms with van der Waals surface area (Å²) >= 11 is 0. The van der Waals surface area contributed by atoms with Gasteiger partial charge < -0.3 is 14.6 Å². The fraction of sp³-hybridized carbons (Fsp3) is 0.576. The van der Waals surface area contributed by atoms with Crippen LogP contribution >= 0.6 is 0 Å². The number of likely N-dealkylation sites (tertiary alicyclic amines) is 1. The second kappa shape index (κ2) is 17.2. The summed E-state index contributed by atoms with van der Waals surface area (Å²) in [6, 6.07) is 16.8. The van der Waals surface area contributed by atoms with Crippen LogP contribution in [0.4, 0.5) is 0 Å². The van der Waals surface area contributed by atoms with Gasteiger partial charge in [0.2, 0.25) is 5.91 Å². The van der Waals surface area contributed by atoms with Gasteiger partial charge in [-0.2, -0.15) is 0 Å². The molecule has 2 heterocycles. The molecule has 2 aromatic carbocycles. The lowest BCUT2D eigenvalue weighted by molar-refractivity contribution is -0.132. The second-order valence-electron chi connectivity index (χ2n) is 11.8. The summed E-state index contributed by atoms with van der Waals surface area (Å²) in [5.41, 5.74) is 5.64. The summed E-state index contributed by atoms with van der Waals surface area (Å²) in [5.74, 6) is 1.21. The molecule has 4 rings (SSSR count). The minimum atomic E-state index is 0.298. The highest BCUT2D eigenvalue weighted by atomic mass is 16.2. The van der Waals surface area contributed by atoms with Crippen molar-refractivity contribution in [2.24, 2.45) is 5.92 Å². The van der Waals surface area contributed by atoms with Crippen LogP contribution < -0.4 is 0 Å². The number of hydrogen-bond donors (Lipinski definition) is 0. The van der Waals surface area contributed by atoms with E-state index in [0.717, 1.165) is 38.5 Å². The van der Waals surface area contributed by atoms with E-state index in [1.54, 1.807) is 0 Å². The summed E-state index contributed by atoms with van der Waals surface area (Å²) in [5, 5.41) is 0. The van der Waals surface area contributed by atoms with Crippen LogP contribution in [-0.2, 0) is 16.0 Å². The number of amides is 1. The molecule has 0 aromatic heterocycles. The van der Waals surface area contributed by atoms with Crippen molar-refractivity contribution >= 4 is 12.7 Å². The van der Waals surface area contributed by atoms with E-state index >= 15 is 0 Å². The predicted octanol–water partition coefficient (Wildman–Crippen LogP) is 5.95. The highest BCUT2D eigenvalue weighted by Crippen LogP contribution is 2.23. The van der Waals surface area contributed by atoms with Crippen LogP contribution in [-0.4, -0.2) is 79.3 Å². The fourth-order valence-corrected chi connectivity index (χ4v) is 4.70. The highest BCUT2D eigenvalue weighted by Gasteiger charge is 2.27. The molecule has 5 heteroatoms. The van der Waals surface area contributed by atoms with Gasteiger partial charge in [0, 0.05) is 44.7 Å². The summed E-state index contributed by atoms with van der Waals surface area (Å²) in [6.45, 7) is 23.9. The van der Waals surface area contributed by atoms with Crippen molar-refractivity contribution in [2.75, 3.05) is 46.3 Å². The molecule has 2 aliphatic rings. The molecule has 2 saturated heterocycles. The minimum Gasteiger partial charge on any atom is -0.340 e. The molecule has 0 bridgehead atoms. The summed E-state index contributed by atoms with van der Waals surface area (Å²) in [6.07, 6.45) is 2.88. The molecule has 212 valence electrons. The smallest absolute Gasteiger partial charge is 0.222 e. The first kappa shape index (κ1) is 33.5. The molecule has 5 nitrogen and oxygen atoms in total. The van der Waals surface area contributed by atoms with E-state index in [2.05, 4.69) is 102 Å². The van der Waals surface area contributed by atoms with Gasteiger partial charge in [0.25, 0.3) is 0 Å². The molecular weight excluding hydrogens is 470 g/mol. The summed E-state index contributed by atoms with van der Waals surface area (Å²) in [7, 11) is 2.11. The van der Waals surface area contributed by atoms with Crippen molar-refractivity contribution in [1.82, 2.24) is 14.7 Å². The van der Waals surface area contributed by atoms with E-state index in [9.17, 15) is 4.79 Å². The average Bonchev–Trinajstić information content (AvgIpc) is 3.33. The zero-order valence-electron chi connectivity index (χ0n) is 25.4. The second-order valence-corrected chi connectivity index (χ2v) is 11.8. The zero-order chi connectivity index (χ0) is 28.7. The van der Waals surface area contributed by atoms with E-state index in [4.69, 9.17) is 4.79 Å². The van der Waals surface area contributed by atoms with Crippen LogP contribution in [0.15, 0.2) is 48.5 Å². The molecule has 0 spiro atoms. The molecule has 2 aromatic rings. The van der Waals surface area contributed by atoms with E-state index in [-0.39, 0.29) is 0 Å². The third-order valence-corrected chi connectivity index (χ3v) is 7.27. The van der Waals surface area contributed by atoms with Gasteiger partial charge in [0.05, 0.1) is 0 Å². The number of hydrogen-bond acceptors (Lipinski definition) is 4. The van der Waals surface area contributed by atoms with Gasteiger partial charge in [0.1, 0.15) is 6.79 Å². The molecule has 0 radical (unpaired) electrons. The predicted molar refractivity (Wildman–Crippen MR) is 162 cm³/mol. The standard InChI is InChI=1S/C15H22N2O.C9H19N.C8H10.CH2O/c1-13-5-3-4-6-14(13)7-8-15(18)17-11-9-16(2)10-12-17;1-8-5-6-10(7-8)9(2,3)4;1-7-4-3-5-8(2)6-7;1-2/h3-6H,7-12H2,1-2H3;8H,5-7H2,1-4H3;3-6H,1-2H3;1H2. The molecule has 2 fully saturated rings. The van der Waals surface area contributed by atoms with E-state index in [1.165, 1.54) is 41.8 Å². The van der Waals surface area contributed by atoms with Gasteiger partial charge in [-0.15, -0.1) is 0 Å². The number of carbonyl (C=O) groups is 2. The Morgan fingerprint density at radius 3 is 1.89 bits per heavy atom. The van der Waals surface area contributed by atoms with Gasteiger partial charge in [-0.3, -0.25) is 9.69 Å². The van der Waals surface area contributed by atoms with Gasteiger partial charge in [-0.05, 0) is 85.0 Å². The van der Waals surface area contributed by atoms with Gasteiger partial charge in [-0.1, -0.05) is 66.6 Å². The monoisotopic (exact) mass is 523 g/mol. The molecular formula is C33H53N3O2. The van der Waals surface area contributed by atoms with E-state index < -0.39 is 0 Å². The van der Waals surface area contributed by atoms with Crippen molar-refractivity contribution in [3.63, 3.8) is 0 Å². The first-order valence-corrected chi connectivity index (χ1v) is 14.0. The van der Waals surface area contributed by atoms with E-state index in [1.807, 2.05) is 23.8 Å². The third kappa shape index (κ3) is 12.8. The zero-order valence-corrected chi connectivity index (χ0v) is 25.4. The third-order valence-electron chi connectivity index (χ3n) is 7.27. The Kier molecular flexibility index (Phi) is 15.1. The van der Waals surface area contributed by atoms with Gasteiger partial charge in [0.15, 0.2) is 0 Å². The van der Waals surface area contributed by atoms with Crippen LogP contribution in [0.1, 0.15) is 62.8 Å². The molecule has 2 aliphatic heterocycles. The van der Waals surface area contributed by atoms with Crippen molar-refractivity contribution in [2.45, 2.75) is 73.3 Å². The lowest BCUT2D eigenvalue weighted by atomic mass is 10.0. The number of nitrogens with zero attached hydrogens (tertiary/aromatic N) is 3. The van der Waals surface area contributed by atoms with Crippen LogP contribution in [0.5, 0.6) is 0 Å². The normalized spacial score (nSPS) is 17.8. The number of carbonyl (C=O) groups excluding carboxylic acids is 2. The first-order valence-electron chi connectivity index (χ1n) is 14.0. The van der Waals surface area contributed by atoms with Crippen molar-refractivity contribution in [3.8, 4) is 0 Å². The van der Waals surface area contributed by atoms with Crippen molar-refractivity contribution in [1.29, 1.82) is 0 Å². The maximum atomic E-state index is 12.1. The molecule has 38 heavy (non-hydrogen) atoms. The number of rotatable bonds is 3. The molecule has 0 aliphatic carbocycles. The Morgan fingerprint density at radius 1 is 0.895 bits per heavy atom. The first-order chi connectivity index (χ1) is 18.0. The molecule has 1 atom stereocenters. The average molecular weight is 524 g/mol. The summed E-state index contributed by atoms with van der Waals surface area (Å²) in [4.78, 5) is 26.9. The number of likely N-dealkylation sites (N-methyl/N-ethyl adjacent to an activating group) is 1. The minimum absolute atomic E-state index is 0.298. The Balaban J connectivity index is 0.000000304. The lowest BCUT2D eigenvalue weighted by Gasteiger charge is -2.32. The molecule has 0 saturated carbocycles. The molecule has 1 amide bonds. The molecule has 1 unspecified atom stereocenters. The number of piperazine rings is 1. The topological polar surface area (TPSA) is 43.9 Å². The fourth-order valence-electron chi connectivity index (χ4n) is 4.70. The van der Waals surface area contributed by atoms with Crippen LogP contribution in [0.2, 0.25) is 0 Å².